The Morgan fingerprint density at radius 3 is 2.60 bits per heavy atom. The van der Waals surface area contributed by atoms with Gasteiger partial charge in [-0.3, -0.25) is 0 Å². The highest BCUT2D eigenvalue weighted by molar-refractivity contribution is 9.10. The predicted molar refractivity (Wildman–Crippen MR) is 90.2 cm³/mol. The Morgan fingerprint density at radius 2 is 2.05 bits per heavy atom. The van der Waals surface area contributed by atoms with Crippen LogP contribution in [0.25, 0.3) is 10.9 Å². The molecule has 1 unspecified atom stereocenters. The third kappa shape index (κ3) is 3.07. The molecule has 0 saturated heterocycles. The molecule has 2 aromatic rings. The minimum absolute atomic E-state index is 0.0263. The van der Waals surface area contributed by atoms with Gasteiger partial charge in [-0.2, -0.15) is 0 Å². The lowest BCUT2D eigenvalue weighted by atomic mass is 10.0. The summed E-state index contributed by atoms with van der Waals surface area (Å²) in [5.74, 6) is 0.0263. The van der Waals surface area contributed by atoms with Crippen molar-refractivity contribution in [2.45, 2.75) is 33.2 Å². The van der Waals surface area contributed by atoms with Gasteiger partial charge in [0, 0.05) is 28.1 Å². The van der Waals surface area contributed by atoms with E-state index in [1.165, 1.54) is 0 Å². The monoisotopic (exact) mass is 338 g/mol. The number of rotatable bonds is 3. The molecule has 0 aliphatic carbocycles. The summed E-state index contributed by atoms with van der Waals surface area (Å²) < 4.78 is 3.19. The summed E-state index contributed by atoms with van der Waals surface area (Å²) in [6, 6.07) is 5.68. The van der Waals surface area contributed by atoms with E-state index >= 15 is 0 Å². The van der Waals surface area contributed by atoms with Crippen LogP contribution < -0.4 is 5.73 Å². The largest absolute Gasteiger partial charge is 0.511 e. The molecule has 1 aromatic heterocycles. The molecule has 0 bridgehead atoms. The second kappa shape index (κ2) is 6.95. The van der Waals surface area contributed by atoms with Crippen LogP contribution in [0, 0.1) is 6.92 Å². The van der Waals surface area contributed by atoms with Gasteiger partial charge in [-0.15, -0.1) is 0 Å². The van der Waals surface area contributed by atoms with Crippen molar-refractivity contribution in [1.82, 2.24) is 4.57 Å². The Morgan fingerprint density at radius 1 is 1.45 bits per heavy atom. The zero-order valence-corrected chi connectivity index (χ0v) is 14.2. The molecular formula is C16H23BrN2O. The average Bonchev–Trinajstić information content (AvgIpc) is 2.67. The Kier molecular flexibility index (Phi) is 5.84. The van der Waals surface area contributed by atoms with Gasteiger partial charge in [0.05, 0.1) is 6.04 Å². The van der Waals surface area contributed by atoms with Crippen molar-refractivity contribution in [3.8, 4) is 0 Å². The van der Waals surface area contributed by atoms with Crippen molar-refractivity contribution < 1.29 is 5.11 Å². The van der Waals surface area contributed by atoms with Gasteiger partial charge in [-0.05, 0) is 31.0 Å². The molecule has 0 fully saturated rings. The molecule has 0 saturated carbocycles. The fourth-order valence-electron chi connectivity index (χ4n) is 2.24. The molecule has 4 heteroatoms. The van der Waals surface area contributed by atoms with E-state index in [4.69, 9.17) is 5.73 Å². The van der Waals surface area contributed by atoms with Crippen molar-refractivity contribution in [2.24, 2.45) is 12.8 Å². The third-order valence-corrected chi connectivity index (χ3v) is 4.11. The van der Waals surface area contributed by atoms with E-state index in [0.717, 1.165) is 26.6 Å². The van der Waals surface area contributed by atoms with Gasteiger partial charge in [0.25, 0.3) is 0 Å². The van der Waals surface area contributed by atoms with Crippen LogP contribution in [-0.4, -0.2) is 15.7 Å². The van der Waals surface area contributed by atoms with Gasteiger partial charge in [-0.1, -0.05) is 42.4 Å². The van der Waals surface area contributed by atoms with Crippen molar-refractivity contribution in [1.29, 1.82) is 0 Å². The molecular weight excluding hydrogens is 316 g/mol. The zero-order valence-electron chi connectivity index (χ0n) is 12.6. The van der Waals surface area contributed by atoms with Gasteiger partial charge in [0.15, 0.2) is 0 Å². The molecule has 0 spiro atoms. The van der Waals surface area contributed by atoms with Crippen LogP contribution in [0.2, 0.25) is 0 Å². The molecule has 20 heavy (non-hydrogen) atoms. The Hall–Kier alpha value is -1.26. The number of aliphatic hydroxyl groups is 1. The van der Waals surface area contributed by atoms with Crippen LogP contribution in [0.1, 0.15) is 25.1 Å². The molecule has 3 N–H and O–H groups in total. The Labute approximate surface area is 129 Å². The molecule has 0 amide bonds. The van der Waals surface area contributed by atoms with Gasteiger partial charge >= 0.3 is 0 Å². The smallest absolute Gasteiger partial charge is 0.102 e. The highest BCUT2D eigenvalue weighted by atomic mass is 79.9. The van der Waals surface area contributed by atoms with E-state index in [2.05, 4.69) is 40.1 Å². The number of benzene rings is 1. The highest BCUT2D eigenvalue weighted by Gasteiger charge is 2.17. The van der Waals surface area contributed by atoms with E-state index in [1.807, 2.05) is 33.0 Å². The first kappa shape index (κ1) is 16.8. The SMILES string of the molecule is C=C(O)C(N)Cc1c(C)n(C)c2cccc(Br)c12.CC. The van der Waals surface area contributed by atoms with Gasteiger partial charge in [-0.25, -0.2) is 0 Å². The number of hydrogen-bond acceptors (Lipinski definition) is 2. The maximum atomic E-state index is 9.38. The Balaban J connectivity index is 0.000000956. The first-order valence-corrected chi connectivity index (χ1v) is 7.58. The van der Waals surface area contributed by atoms with E-state index in [1.54, 1.807) is 0 Å². The summed E-state index contributed by atoms with van der Waals surface area (Å²) in [6.45, 7) is 9.57. The number of aliphatic hydroxyl groups excluding tert-OH is 1. The zero-order chi connectivity index (χ0) is 15.4. The van der Waals surface area contributed by atoms with E-state index in [9.17, 15) is 5.11 Å². The molecule has 1 aromatic carbocycles. The van der Waals surface area contributed by atoms with Crippen molar-refractivity contribution in [3.05, 3.63) is 46.3 Å². The summed E-state index contributed by atoms with van der Waals surface area (Å²) in [5.41, 5.74) is 9.37. The van der Waals surface area contributed by atoms with E-state index < -0.39 is 6.04 Å². The van der Waals surface area contributed by atoms with Crippen molar-refractivity contribution in [2.75, 3.05) is 0 Å². The Bertz CT molecular complexity index is 616. The van der Waals surface area contributed by atoms with Crippen molar-refractivity contribution >= 4 is 26.8 Å². The topological polar surface area (TPSA) is 51.2 Å². The maximum Gasteiger partial charge on any atom is 0.102 e. The van der Waals surface area contributed by atoms with Gasteiger partial charge in [0.2, 0.25) is 0 Å². The summed E-state index contributed by atoms with van der Waals surface area (Å²) in [5, 5.41) is 10.5. The van der Waals surface area contributed by atoms with Gasteiger partial charge in [0.1, 0.15) is 5.76 Å². The highest BCUT2D eigenvalue weighted by Crippen LogP contribution is 2.32. The molecule has 1 atom stereocenters. The first-order valence-electron chi connectivity index (χ1n) is 6.79. The molecule has 0 radical (unpaired) electrons. The number of hydrogen-bond donors (Lipinski definition) is 2. The number of aryl methyl sites for hydroxylation is 1. The van der Waals surface area contributed by atoms with Gasteiger partial charge < -0.3 is 15.4 Å². The number of nitrogens with two attached hydrogens (primary N) is 1. The normalized spacial score (nSPS) is 11.9. The predicted octanol–water partition coefficient (Wildman–Crippen LogP) is 4.22. The molecule has 2 rings (SSSR count). The summed E-state index contributed by atoms with van der Waals surface area (Å²) in [6.07, 6.45) is 0.584. The lowest BCUT2D eigenvalue weighted by molar-refractivity contribution is 0.368. The third-order valence-electron chi connectivity index (χ3n) is 3.45. The number of aromatic nitrogens is 1. The maximum absolute atomic E-state index is 9.38. The molecule has 3 nitrogen and oxygen atoms in total. The van der Waals surface area contributed by atoms with E-state index in [-0.39, 0.29) is 5.76 Å². The first-order chi connectivity index (χ1) is 9.43. The van der Waals surface area contributed by atoms with Crippen LogP contribution >= 0.6 is 15.9 Å². The minimum Gasteiger partial charge on any atom is -0.511 e. The lowest BCUT2D eigenvalue weighted by Crippen LogP contribution is -2.25. The number of halogens is 1. The summed E-state index contributed by atoms with van der Waals surface area (Å²) in [4.78, 5) is 0. The summed E-state index contributed by atoms with van der Waals surface area (Å²) >= 11 is 3.58. The molecule has 110 valence electrons. The standard InChI is InChI=1S/C14H17BrN2O.C2H6/c1-8-10(7-12(16)9(2)18)14-11(15)5-4-6-13(14)17(8)3;1-2/h4-6,12,18H,2,7,16H2,1,3H3;1-2H3. The van der Waals surface area contributed by atoms with Crippen LogP contribution in [0.3, 0.4) is 0 Å². The van der Waals surface area contributed by atoms with Crippen LogP contribution in [-0.2, 0) is 13.5 Å². The second-order valence-electron chi connectivity index (χ2n) is 4.56. The molecule has 1 heterocycles. The summed E-state index contributed by atoms with van der Waals surface area (Å²) in [7, 11) is 2.03. The fourth-order valence-corrected chi connectivity index (χ4v) is 2.84. The van der Waals surface area contributed by atoms with Crippen LogP contribution in [0.4, 0.5) is 0 Å². The second-order valence-corrected chi connectivity index (χ2v) is 5.41. The fraction of sp³-hybridized carbons (Fsp3) is 0.375. The van der Waals surface area contributed by atoms with Crippen molar-refractivity contribution in [3.63, 3.8) is 0 Å². The number of fused-ring (bicyclic) bond motifs is 1. The van der Waals surface area contributed by atoms with Crippen LogP contribution in [0.15, 0.2) is 35.0 Å². The lowest BCUT2D eigenvalue weighted by Gasteiger charge is -2.10. The number of nitrogens with zero attached hydrogens (tertiary/aromatic N) is 1. The molecule has 0 aliphatic rings. The van der Waals surface area contributed by atoms with Crippen LogP contribution in [0.5, 0.6) is 0 Å². The quantitative estimate of drug-likeness (QED) is 0.823. The molecule has 0 aliphatic heterocycles. The minimum atomic E-state index is -0.429. The van der Waals surface area contributed by atoms with E-state index in [0.29, 0.717) is 6.42 Å². The average molecular weight is 339 g/mol.